The summed E-state index contributed by atoms with van der Waals surface area (Å²) in [7, 11) is -4.10. The molecule has 0 spiro atoms. The number of hydrogen-bond acceptors (Lipinski definition) is 7. The molecule has 11 heteroatoms. The lowest BCUT2D eigenvalue weighted by molar-refractivity contribution is -0.146. The Bertz CT molecular complexity index is 1010. The number of fused-ring (bicyclic) bond motifs is 1. The highest BCUT2D eigenvalue weighted by Crippen LogP contribution is 2.24. The third-order valence-corrected chi connectivity index (χ3v) is 5.85. The summed E-state index contributed by atoms with van der Waals surface area (Å²) in [5.74, 6) is -1.93. The highest BCUT2D eigenvalue weighted by Gasteiger charge is 2.40. The first kappa shape index (κ1) is 18.1. The van der Waals surface area contributed by atoms with Gasteiger partial charge in [-0.1, -0.05) is 0 Å². The van der Waals surface area contributed by atoms with Gasteiger partial charge in [0.2, 0.25) is 15.9 Å². The Balaban J connectivity index is 1.97. The number of carbonyl (C=O) groups is 2. The fourth-order valence-electron chi connectivity index (χ4n) is 2.78. The number of aromatic amines is 1. The monoisotopic (exact) mass is 383 g/mol. The van der Waals surface area contributed by atoms with E-state index in [2.05, 4.69) is 10.3 Å². The predicted molar refractivity (Wildman–Crippen MR) is 88.8 cm³/mol. The first-order valence-electron chi connectivity index (χ1n) is 7.91. The van der Waals surface area contributed by atoms with Crippen molar-refractivity contribution in [2.45, 2.75) is 24.3 Å². The van der Waals surface area contributed by atoms with Crippen molar-refractivity contribution in [2.24, 2.45) is 0 Å². The highest BCUT2D eigenvalue weighted by molar-refractivity contribution is 7.89. The molecular formula is C15H17N3O7S. The van der Waals surface area contributed by atoms with Crippen molar-refractivity contribution < 1.29 is 27.2 Å². The minimum atomic E-state index is -4.10. The Labute approximate surface area is 148 Å². The van der Waals surface area contributed by atoms with E-state index in [-0.39, 0.29) is 36.6 Å². The van der Waals surface area contributed by atoms with E-state index in [1.54, 1.807) is 6.92 Å². The molecule has 1 saturated heterocycles. The molecule has 3 rings (SSSR count). The number of rotatable bonds is 5. The molecule has 0 radical (unpaired) electrons. The van der Waals surface area contributed by atoms with Crippen LogP contribution in [-0.2, 0) is 24.3 Å². The van der Waals surface area contributed by atoms with Crippen molar-refractivity contribution in [2.75, 3.05) is 19.7 Å². The van der Waals surface area contributed by atoms with E-state index in [1.807, 2.05) is 0 Å². The fourth-order valence-corrected chi connectivity index (χ4v) is 4.38. The molecule has 2 aromatic rings. The third-order valence-electron chi connectivity index (χ3n) is 3.95. The average Bonchev–Trinajstić information content (AvgIpc) is 2.96. The van der Waals surface area contributed by atoms with Gasteiger partial charge in [0, 0.05) is 19.2 Å². The molecule has 1 aromatic carbocycles. The van der Waals surface area contributed by atoms with E-state index in [9.17, 15) is 22.8 Å². The van der Waals surface area contributed by atoms with E-state index in [0.717, 1.165) is 4.31 Å². The molecule has 1 aromatic heterocycles. The standard InChI is InChI=1S/C15H17N3O7S/c1-2-24-13(19)8-11-14(20)16-5-6-18(11)26(22,23)9-3-4-10-12(7-9)25-15(21)17-10/h3-4,7,11H,2,5-6,8H2,1H3,(H,16,20)(H,17,21). The van der Waals surface area contributed by atoms with Crippen LogP contribution < -0.4 is 11.1 Å². The van der Waals surface area contributed by atoms with Crippen LogP contribution in [0.15, 0.2) is 32.3 Å². The quantitative estimate of drug-likeness (QED) is 0.668. The molecule has 0 saturated carbocycles. The first-order chi connectivity index (χ1) is 12.3. The molecule has 10 nitrogen and oxygen atoms in total. The Morgan fingerprint density at radius 3 is 2.88 bits per heavy atom. The van der Waals surface area contributed by atoms with Gasteiger partial charge in [0.05, 0.1) is 23.4 Å². The van der Waals surface area contributed by atoms with E-state index < -0.39 is 33.7 Å². The first-order valence-corrected chi connectivity index (χ1v) is 9.35. The maximum Gasteiger partial charge on any atom is 0.417 e. The zero-order valence-corrected chi connectivity index (χ0v) is 14.7. The van der Waals surface area contributed by atoms with Crippen LogP contribution in [0.3, 0.4) is 0 Å². The van der Waals surface area contributed by atoms with Gasteiger partial charge in [-0.05, 0) is 19.1 Å². The number of oxazole rings is 1. The van der Waals surface area contributed by atoms with Crippen LogP contribution in [0.4, 0.5) is 0 Å². The predicted octanol–water partition coefficient (Wildman–Crippen LogP) is -0.437. The minimum Gasteiger partial charge on any atom is -0.466 e. The minimum absolute atomic E-state index is 0.00721. The summed E-state index contributed by atoms with van der Waals surface area (Å²) in [6, 6.07) is 2.70. The number of sulfonamides is 1. The summed E-state index contributed by atoms with van der Waals surface area (Å²) in [4.78, 5) is 37.4. The molecule has 140 valence electrons. The average molecular weight is 383 g/mol. The molecule has 1 amide bonds. The zero-order chi connectivity index (χ0) is 18.9. The molecule has 0 bridgehead atoms. The summed E-state index contributed by atoms with van der Waals surface area (Å²) < 4.78 is 36.7. The molecule has 1 aliphatic rings. The Morgan fingerprint density at radius 1 is 1.38 bits per heavy atom. The molecule has 1 unspecified atom stereocenters. The normalized spacial score (nSPS) is 18.7. The maximum absolute atomic E-state index is 13.0. The molecule has 1 atom stereocenters. The molecule has 1 fully saturated rings. The van der Waals surface area contributed by atoms with E-state index in [1.165, 1.54) is 18.2 Å². The second-order valence-corrected chi connectivity index (χ2v) is 7.49. The van der Waals surface area contributed by atoms with Gasteiger partial charge in [-0.15, -0.1) is 0 Å². The van der Waals surface area contributed by atoms with Crippen molar-refractivity contribution in [1.29, 1.82) is 0 Å². The van der Waals surface area contributed by atoms with Crippen molar-refractivity contribution in [3.63, 3.8) is 0 Å². The zero-order valence-electron chi connectivity index (χ0n) is 13.9. The van der Waals surface area contributed by atoms with Crippen molar-refractivity contribution in [3.8, 4) is 0 Å². The summed E-state index contributed by atoms with van der Waals surface area (Å²) >= 11 is 0. The van der Waals surface area contributed by atoms with Crippen LogP contribution in [0.1, 0.15) is 13.3 Å². The van der Waals surface area contributed by atoms with Crippen LogP contribution in [0, 0.1) is 0 Å². The SMILES string of the molecule is CCOC(=O)CC1C(=O)NCCN1S(=O)(=O)c1ccc2[nH]c(=O)oc2c1. The van der Waals surface area contributed by atoms with E-state index >= 15 is 0 Å². The van der Waals surface area contributed by atoms with Crippen LogP contribution in [0.5, 0.6) is 0 Å². The third kappa shape index (κ3) is 3.35. The topological polar surface area (TPSA) is 139 Å². The van der Waals surface area contributed by atoms with Gasteiger partial charge in [-0.3, -0.25) is 14.6 Å². The number of aromatic nitrogens is 1. The number of nitrogens with zero attached hydrogens (tertiary/aromatic N) is 1. The summed E-state index contributed by atoms with van der Waals surface area (Å²) in [6.07, 6.45) is -0.389. The van der Waals surface area contributed by atoms with Gasteiger partial charge >= 0.3 is 11.7 Å². The lowest BCUT2D eigenvalue weighted by Gasteiger charge is -2.33. The van der Waals surface area contributed by atoms with Crippen molar-refractivity contribution in [1.82, 2.24) is 14.6 Å². The number of nitrogens with one attached hydrogen (secondary N) is 2. The molecule has 1 aliphatic heterocycles. The molecule has 0 aliphatic carbocycles. The Hall–Kier alpha value is -2.66. The van der Waals surface area contributed by atoms with Gasteiger partial charge in [-0.2, -0.15) is 4.31 Å². The Kier molecular flexibility index (Phi) is 4.83. The maximum atomic E-state index is 13.0. The number of amides is 1. The largest absolute Gasteiger partial charge is 0.466 e. The van der Waals surface area contributed by atoms with Gasteiger partial charge in [0.15, 0.2) is 5.58 Å². The number of carbonyl (C=O) groups excluding carboxylic acids is 2. The molecule has 2 heterocycles. The van der Waals surface area contributed by atoms with Crippen LogP contribution in [0.25, 0.3) is 11.1 Å². The van der Waals surface area contributed by atoms with Crippen LogP contribution in [0.2, 0.25) is 0 Å². The van der Waals surface area contributed by atoms with Gasteiger partial charge in [0.1, 0.15) is 6.04 Å². The smallest absolute Gasteiger partial charge is 0.417 e. The fraction of sp³-hybridized carbons (Fsp3) is 0.400. The molecule has 2 N–H and O–H groups in total. The lowest BCUT2D eigenvalue weighted by Crippen LogP contribution is -2.57. The summed E-state index contributed by atoms with van der Waals surface area (Å²) in [6.45, 7) is 1.88. The molecule has 26 heavy (non-hydrogen) atoms. The number of H-pyrrole nitrogens is 1. The van der Waals surface area contributed by atoms with E-state index in [4.69, 9.17) is 9.15 Å². The second kappa shape index (κ2) is 6.92. The van der Waals surface area contributed by atoms with E-state index in [0.29, 0.717) is 5.52 Å². The second-order valence-electron chi connectivity index (χ2n) is 5.60. The summed E-state index contributed by atoms with van der Waals surface area (Å²) in [5.41, 5.74) is 0.438. The van der Waals surface area contributed by atoms with Gasteiger partial charge in [0.25, 0.3) is 0 Å². The number of hydrogen-bond donors (Lipinski definition) is 2. The van der Waals surface area contributed by atoms with Crippen LogP contribution >= 0.6 is 0 Å². The van der Waals surface area contributed by atoms with Crippen molar-refractivity contribution >= 4 is 33.0 Å². The Morgan fingerprint density at radius 2 is 2.15 bits per heavy atom. The van der Waals surface area contributed by atoms with Crippen LogP contribution in [-0.4, -0.2) is 55.3 Å². The van der Waals surface area contributed by atoms with Gasteiger partial charge in [-0.25, -0.2) is 13.2 Å². The number of ether oxygens (including phenoxy) is 1. The number of piperazine rings is 1. The number of benzene rings is 1. The van der Waals surface area contributed by atoms with Crippen molar-refractivity contribution in [3.05, 3.63) is 28.7 Å². The lowest BCUT2D eigenvalue weighted by atomic mass is 10.1. The number of esters is 1. The van der Waals surface area contributed by atoms with Gasteiger partial charge < -0.3 is 14.5 Å². The summed E-state index contributed by atoms with van der Waals surface area (Å²) in [5, 5.41) is 2.55. The molecular weight excluding hydrogens is 366 g/mol. The highest BCUT2D eigenvalue weighted by atomic mass is 32.2.